The zero-order valence-corrected chi connectivity index (χ0v) is 10.9. The van der Waals surface area contributed by atoms with Gasteiger partial charge in [0.2, 0.25) is 5.91 Å². The van der Waals surface area contributed by atoms with Crippen molar-refractivity contribution < 1.29 is 9.53 Å². The molecule has 0 bridgehead atoms. The number of nitrogens with one attached hydrogen (secondary N) is 1. The van der Waals surface area contributed by atoms with Crippen LogP contribution in [0, 0.1) is 17.2 Å². The number of morpholine rings is 1. The van der Waals surface area contributed by atoms with Gasteiger partial charge in [-0.2, -0.15) is 5.26 Å². The van der Waals surface area contributed by atoms with Crippen molar-refractivity contribution in [2.24, 2.45) is 5.92 Å². The van der Waals surface area contributed by atoms with E-state index in [1.807, 2.05) is 6.92 Å². The Kier molecular flexibility index (Phi) is 4.56. The molecule has 100 valence electrons. The molecule has 0 aromatic carbocycles. The van der Waals surface area contributed by atoms with Crippen LogP contribution in [0.3, 0.4) is 0 Å². The zero-order chi connectivity index (χ0) is 13.0. The molecule has 0 spiro atoms. The van der Waals surface area contributed by atoms with E-state index in [9.17, 15) is 10.1 Å². The van der Waals surface area contributed by atoms with Gasteiger partial charge in [-0.3, -0.25) is 9.69 Å². The van der Waals surface area contributed by atoms with Gasteiger partial charge in [0.1, 0.15) is 6.04 Å². The Hall–Kier alpha value is -1.12. The summed E-state index contributed by atoms with van der Waals surface area (Å²) in [6, 6.07) is 2.39. The molecule has 1 heterocycles. The average Bonchev–Trinajstić information content (AvgIpc) is 2.87. The van der Waals surface area contributed by atoms with Gasteiger partial charge in [-0.05, 0) is 19.8 Å². The molecule has 1 aliphatic heterocycles. The highest BCUT2D eigenvalue weighted by molar-refractivity contribution is 5.82. The van der Waals surface area contributed by atoms with Crippen molar-refractivity contribution >= 4 is 5.91 Å². The van der Waals surface area contributed by atoms with Gasteiger partial charge in [-0.25, -0.2) is 0 Å². The van der Waals surface area contributed by atoms with Crippen LogP contribution in [0.4, 0.5) is 0 Å². The smallest absolute Gasteiger partial charge is 0.239 e. The first-order chi connectivity index (χ1) is 8.77. The lowest BCUT2D eigenvalue weighted by Gasteiger charge is -2.39. The summed E-state index contributed by atoms with van der Waals surface area (Å²) in [5.74, 6) is 0.0980. The van der Waals surface area contributed by atoms with Crippen LogP contribution in [-0.4, -0.2) is 49.2 Å². The van der Waals surface area contributed by atoms with Gasteiger partial charge in [0.05, 0.1) is 25.2 Å². The van der Waals surface area contributed by atoms with Gasteiger partial charge in [-0.15, -0.1) is 0 Å². The number of ether oxygens (including phenoxy) is 1. The molecule has 18 heavy (non-hydrogen) atoms. The van der Waals surface area contributed by atoms with E-state index in [0.717, 1.165) is 25.8 Å². The van der Waals surface area contributed by atoms with Crippen LogP contribution in [0.5, 0.6) is 0 Å². The van der Waals surface area contributed by atoms with E-state index >= 15 is 0 Å². The molecule has 2 fully saturated rings. The molecule has 5 heteroatoms. The first-order valence-corrected chi connectivity index (χ1v) is 6.78. The topological polar surface area (TPSA) is 65.4 Å². The molecule has 1 saturated carbocycles. The number of hydrogen-bond acceptors (Lipinski definition) is 4. The molecule has 3 unspecified atom stereocenters. The number of hydrogen-bond donors (Lipinski definition) is 1. The van der Waals surface area contributed by atoms with Gasteiger partial charge in [0, 0.05) is 19.1 Å². The maximum atomic E-state index is 12.0. The number of nitriles is 1. The maximum absolute atomic E-state index is 12.0. The largest absolute Gasteiger partial charge is 0.378 e. The van der Waals surface area contributed by atoms with Crippen molar-refractivity contribution in [3.63, 3.8) is 0 Å². The molecular weight excluding hydrogens is 230 g/mol. The van der Waals surface area contributed by atoms with E-state index in [0.29, 0.717) is 19.8 Å². The summed E-state index contributed by atoms with van der Waals surface area (Å²) in [7, 11) is 0. The third-order valence-corrected chi connectivity index (χ3v) is 3.89. The Morgan fingerprint density at radius 3 is 3.11 bits per heavy atom. The fraction of sp³-hybridized carbons (Fsp3) is 0.846. The van der Waals surface area contributed by atoms with Crippen molar-refractivity contribution in [1.82, 2.24) is 10.2 Å². The quantitative estimate of drug-likeness (QED) is 0.794. The molecule has 1 N–H and O–H groups in total. The van der Waals surface area contributed by atoms with Gasteiger partial charge in [-0.1, -0.05) is 6.42 Å². The number of carbonyl (C=O) groups is 1. The fourth-order valence-corrected chi connectivity index (χ4v) is 3.02. The van der Waals surface area contributed by atoms with Gasteiger partial charge in [0.15, 0.2) is 0 Å². The molecule has 1 saturated heterocycles. The highest BCUT2D eigenvalue weighted by atomic mass is 16.5. The van der Waals surface area contributed by atoms with Crippen molar-refractivity contribution in [2.45, 2.75) is 38.3 Å². The number of rotatable bonds is 3. The zero-order valence-electron chi connectivity index (χ0n) is 10.9. The van der Waals surface area contributed by atoms with Crippen LogP contribution < -0.4 is 5.32 Å². The van der Waals surface area contributed by atoms with Crippen LogP contribution >= 0.6 is 0 Å². The lowest BCUT2D eigenvalue weighted by Crippen LogP contribution is -2.57. The molecular formula is C13H21N3O2. The summed E-state index contributed by atoms with van der Waals surface area (Å²) < 4.78 is 5.42. The SMILES string of the molecule is CCNC(=O)C1COCCN1C1CCCC1C#N. The Balaban J connectivity index is 2.08. The first kappa shape index (κ1) is 13.3. The van der Waals surface area contributed by atoms with Gasteiger partial charge >= 0.3 is 0 Å². The molecule has 0 radical (unpaired) electrons. The predicted octanol–water partition coefficient (Wildman–Crippen LogP) is 0.516. The van der Waals surface area contributed by atoms with E-state index in [4.69, 9.17) is 4.74 Å². The fourth-order valence-electron chi connectivity index (χ4n) is 3.02. The average molecular weight is 251 g/mol. The summed E-state index contributed by atoms with van der Waals surface area (Å²) in [5, 5.41) is 12.0. The standard InChI is InChI=1S/C13H21N3O2/c1-2-15-13(17)12-9-18-7-6-16(12)11-5-3-4-10(11)8-14/h10-12H,2-7,9H2,1H3,(H,15,17). The minimum atomic E-state index is -0.224. The predicted molar refractivity (Wildman–Crippen MR) is 66.7 cm³/mol. The van der Waals surface area contributed by atoms with E-state index in [2.05, 4.69) is 16.3 Å². The second-order valence-electron chi connectivity index (χ2n) is 4.96. The molecule has 2 aliphatic rings. The molecule has 5 nitrogen and oxygen atoms in total. The van der Waals surface area contributed by atoms with Crippen LogP contribution in [-0.2, 0) is 9.53 Å². The molecule has 0 aromatic rings. The number of amides is 1. The molecule has 3 atom stereocenters. The van der Waals surface area contributed by atoms with Crippen LogP contribution in [0.15, 0.2) is 0 Å². The van der Waals surface area contributed by atoms with Crippen LogP contribution in [0.1, 0.15) is 26.2 Å². The third-order valence-electron chi connectivity index (χ3n) is 3.89. The molecule has 1 aliphatic carbocycles. The summed E-state index contributed by atoms with van der Waals surface area (Å²) >= 11 is 0. The molecule has 0 aromatic heterocycles. The van der Waals surface area contributed by atoms with Crippen molar-refractivity contribution in [1.29, 1.82) is 5.26 Å². The summed E-state index contributed by atoms with van der Waals surface area (Å²) in [6.45, 7) is 4.41. The lowest BCUT2D eigenvalue weighted by atomic mass is 10.0. The third kappa shape index (κ3) is 2.65. The number of nitrogens with zero attached hydrogens (tertiary/aromatic N) is 2. The summed E-state index contributed by atoms with van der Waals surface area (Å²) in [6.07, 6.45) is 3.07. The Morgan fingerprint density at radius 2 is 2.39 bits per heavy atom. The van der Waals surface area contributed by atoms with Crippen molar-refractivity contribution in [3.8, 4) is 6.07 Å². The van der Waals surface area contributed by atoms with Gasteiger partial charge < -0.3 is 10.1 Å². The normalized spacial score (nSPS) is 33.0. The Labute approximate surface area is 108 Å². The highest BCUT2D eigenvalue weighted by Gasteiger charge is 2.39. The van der Waals surface area contributed by atoms with E-state index < -0.39 is 0 Å². The number of likely N-dealkylation sites (N-methyl/N-ethyl adjacent to an activating group) is 1. The Morgan fingerprint density at radius 1 is 1.56 bits per heavy atom. The number of carbonyl (C=O) groups excluding carboxylic acids is 1. The maximum Gasteiger partial charge on any atom is 0.239 e. The lowest BCUT2D eigenvalue weighted by molar-refractivity contribution is -0.134. The minimum absolute atomic E-state index is 0.0285. The molecule has 2 rings (SSSR count). The second-order valence-corrected chi connectivity index (χ2v) is 4.96. The summed E-state index contributed by atoms with van der Waals surface area (Å²) in [4.78, 5) is 14.2. The van der Waals surface area contributed by atoms with Crippen LogP contribution in [0.25, 0.3) is 0 Å². The van der Waals surface area contributed by atoms with Crippen molar-refractivity contribution in [2.75, 3.05) is 26.3 Å². The summed E-state index contributed by atoms with van der Waals surface area (Å²) in [5.41, 5.74) is 0. The molecule has 1 amide bonds. The van der Waals surface area contributed by atoms with Gasteiger partial charge in [0.25, 0.3) is 0 Å². The van der Waals surface area contributed by atoms with E-state index in [-0.39, 0.29) is 23.9 Å². The first-order valence-electron chi connectivity index (χ1n) is 6.78. The monoisotopic (exact) mass is 251 g/mol. The van der Waals surface area contributed by atoms with Crippen LogP contribution in [0.2, 0.25) is 0 Å². The minimum Gasteiger partial charge on any atom is -0.378 e. The highest BCUT2D eigenvalue weighted by Crippen LogP contribution is 2.31. The van der Waals surface area contributed by atoms with E-state index in [1.165, 1.54) is 0 Å². The second kappa shape index (κ2) is 6.17. The van der Waals surface area contributed by atoms with Crippen molar-refractivity contribution in [3.05, 3.63) is 0 Å². The Bertz CT molecular complexity index is 340. The van der Waals surface area contributed by atoms with E-state index in [1.54, 1.807) is 0 Å².